The summed E-state index contributed by atoms with van der Waals surface area (Å²) in [5, 5.41) is 2.48. The van der Waals surface area contributed by atoms with E-state index in [0.717, 1.165) is 5.56 Å². The third-order valence-electron chi connectivity index (χ3n) is 3.59. The van der Waals surface area contributed by atoms with E-state index in [-0.39, 0.29) is 25.7 Å². The van der Waals surface area contributed by atoms with Gasteiger partial charge in [0, 0.05) is 0 Å². The summed E-state index contributed by atoms with van der Waals surface area (Å²) in [5.41, 5.74) is 2.10. The maximum Gasteiger partial charge on any atom is 0.325 e. The van der Waals surface area contributed by atoms with Crippen LogP contribution in [0.4, 0.5) is 0 Å². The van der Waals surface area contributed by atoms with Crippen LogP contribution in [-0.2, 0) is 20.9 Å². The smallest absolute Gasteiger partial charge is 0.325 e. The van der Waals surface area contributed by atoms with Gasteiger partial charge in [-0.2, -0.15) is 0 Å². The van der Waals surface area contributed by atoms with E-state index in [1.807, 2.05) is 54.6 Å². The number of amides is 1. The van der Waals surface area contributed by atoms with Crippen molar-refractivity contribution in [3.63, 3.8) is 0 Å². The van der Waals surface area contributed by atoms with Gasteiger partial charge < -0.3 is 14.8 Å². The molecule has 0 saturated carbocycles. The number of ether oxygens (including phenoxy) is 2. The Hall–Kier alpha value is -2.82. The summed E-state index contributed by atoms with van der Waals surface area (Å²) >= 11 is 0. The zero-order valence-electron chi connectivity index (χ0n) is 14.5. The van der Waals surface area contributed by atoms with Crippen molar-refractivity contribution in [3.8, 4) is 5.75 Å². The monoisotopic (exact) mass is 341 g/mol. The Morgan fingerprint density at radius 3 is 2.32 bits per heavy atom. The number of benzene rings is 2. The summed E-state index contributed by atoms with van der Waals surface area (Å²) in [6.45, 7) is 4.09. The van der Waals surface area contributed by atoms with Crippen molar-refractivity contribution >= 4 is 11.9 Å². The lowest BCUT2D eigenvalue weighted by molar-refractivity contribution is -0.145. The zero-order valence-corrected chi connectivity index (χ0v) is 14.5. The van der Waals surface area contributed by atoms with Gasteiger partial charge in [-0.1, -0.05) is 56.3 Å². The molecule has 0 aliphatic carbocycles. The van der Waals surface area contributed by atoms with Gasteiger partial charge in [-0.25, -0.2) is 0 Å². The quantitative estimate of drug-likeness (QED) is 0.750. The first-order chi connectivity index (χ1) is 12.0. The molecule has 0 aliphatic heterocycles. The largest absolute Gasteiger partial charge is 0.484 e. The van der Waals surface area contributed by atoms with Gasteiger partial charge in [-0.05, 0) is 29.2 Å². The first kappa shape index (κ1) is 18.5. The summed E-state index contributed by atoms with van der Waals surface area (Å²) in [4.78, 5) is 23.3. The molecule has 0 radical (unpaired) electrons. The topological polar surface area (TPSA) is 64.6 Å². The minimum absolute atomic E-state index is 0.146. The highest BCUT2D eigenvalue weighted by Gasteiger charge is 2.08. The molecule has 0 fully saturated rings. The molecule has 0 aromatic heterocycles. The molecular formula is C20H23NO4. The van der Waals surface area contributed by atoms with Gasteiger partial charge in [-0.15, -0.1) is 0 Å². The minimum Gasteiger partial charge on any atom is -0.484 e. The highest BCUT2D eigenvalue weighted by atomic mass is 16.5. The predicted molar refractivity (Wildman–Crippen MR) is 95.3 cm³/mol. The van der Waals surface area contributed by atoms with Crippen molar-refractivity contribution in [1.82, 2.24) is 5.32 Å². The second-order valence-electron chi connectivity index (χ2n) is 5.94. The van der Waals surface area contributed by atoms with E-state index in [4.69, 9.17) is 9.47 Å². The molecule has 5 heteroatoms. The van der Waals surface area contributed by atoms with Gasteiger partial charge >= 0.3 is 5.97 Å². The molecule has 0 saturated heterocycles. The van der Waals surface area contributed by atoms with Gasteiger partial charge in [0.1, 0.15) is 18.9 Å². The predicted octanol–water partition coefficient (Wildman–Crippen LogP) is 3.05. The summed E-state index contributed by atoms with van der Waals surface area (Å²) in [5.74, 6) is 0.202. The number of hydrogen-bond donors (Lipinski definition) is 1. The molecule has 0 heterocycles. The fraction of sp³-hybridized carbons (Fsp3) is 0.300. The van der Waals surface area contributed by atoms with E-state index < -0.39 is 5.97 Å². The number of esters is 1. The van der Waals surface area contributed by atoms with Crippen LogP contribution in [0.2, 0.25) is 0 Å². The average molecular weight is 341 g/mol. The third kappa shape index (κ3) is 6.67. The Kier molecular flexibility index (Phi) is 7.01. The van der Waals surface area contributed by atoms with Crippen LogP contribution in [0.5, 0.6) is 5.75 Å². The third-order valence-corrected chi connectivity index (χ3v) is 3.59. The summed E-state index contributed by atoms with van der Waals surface area (Å²) in [6.07, 6.45) is 0. The normalized spacial score (nSPS) is 10.4. The maximum absolute atomic E-state index is 11.7. The molecule has 0 aliphatic rings. The van der Waals surface area contributed by atoms with Crippen LogP contribution in [0, 0.1) is 0 Å². The van der Waals surface area contributed by atoms with E-state index in [9.17, 15) is 9.59 Å². The Morgan fingerprint density at radius 1 is 1.00 bits per heavy atom. The first-order valence-corrected chi connectivity index (χ1v) is 8.23. The fourth-order valence-electron chi connectivity index (χ4n) is 2.11. The molecule has 2 aromatic rings. The molecular weight excluding hydrogens is 318 g/mol. The van der Waals surface area contributed by atoms with E-state index in [1.54, 1.807) is 0 Å². The lowest BCUT2D eigenvalue weighted by atomic mass is 10.0. The van der Waals surface area contributed by atoms with E-state index in [1.165, 1.54) is 5.56 Å². The van der Waals surface area contributed by atoms with Crippen LogP contribution >= 0.6 is 0 Å². The van der Waals surface area contributed by atoms with Crippen molar-refractivity contribution in [2.75, 3.05) is 13.2 Å². The zero-order chi connectivity index (χ0) is 18.1. The Balaban J connectivity index is 1.65. The standard InChI is InChI=1S/C20H23NO4/c1-15(2)17-8-10-18(11-9-17)24-14-19(22)21-12-20(23)25-13-16-6-4-3-5-7-16/h3-11,15H,12-14H2,1-2H3,(H,21,22). The van der Waals surface area contributed by atoms with E-state index in [0.29, 0.717) is 11.7 Å². The molecule has 2 aromatic carbocycles. The van der Waals surface area contributed by atoms with Crippen LogP contribution in [0.3, 0.4) is 0 Å². The maximum atomic E-state index is 11.7. The number of carbonyl (C=O) groups excluding carboxylic acids is 2. The molecule has 5 nitrogen and oxygen atoms in total. The number of rotatable bonds is 8. The van der Waals surface area contributed by atoms with Gasteiger partial charge in [0.05, 0.1) is 0 Å². The van der Waals surface area contributed by atoms with Gasteiger partial charge in [-0.3, -0.25) is 9.59 Å². The number of nitrogens with one attached hydrogen (secondary N) is 1. The van der Waals surface area contributed by atoms with Gasteiger partial charge in [0.2, 0.25) is 0 Å². The van der Waals surface area contributed by atoms with Crippen LogP contribution in [0.25, 0.3) is 0 Å². The van der Waals surface area contributed by atoms with Crippen LogP contribution in [0.15, 0.2) is 54.6 Å². The first-order valence-electron chi connectivity index (χ1n) is 8.23. The Morgan fingerprint density at radius 2 is 1.68 bits per heavy atom. The highest BCUT2D eigenvalue weighted by Crippen LogP contribution is 2.18. The van der Waals surface area contributed by atoms with E-state index in [2.05, 4.69) is 19.2 Å². The second kappa shape index (κ2) is 9.47. The molecule has 2 rings (SSSR count). The summed E-state index contributed by atoms with van der Waals surface area (Å²) < 4.78 is 10.5. The molecule has 25 heavy (non-hydrogen) atoms. The van der Waals surface area contributed by atoms with Crippen molar-refractivity contribution in [1.29, 1.82) is 0 Å². The van der Waals surface area contributed by atoms with Crippen molar-refractivity contribution in [2.45, 2.75) is 26.4 Å². The average Bonchev–Trinajstić information content (AvgIpc) is 2.64. The second-order valence-corrected chi connectivity index (χ2v) is 5.94. The number of hydrogen-bond acceptors (Lipinski definition) is 4. The summed E-state index contributed by atoms with van der Waals surface area (Å²) in [7, 11) is 0. The van der Waals surface area contributed by atoms with Crippen LogP contribution in [-0.4, -0.2) is 25.0 Å². The molecule has 1 amide bonds. The number of carbonyl (C=O) groups is 2. The Bertz CT molecular complexity index is 681. The van der Waals surface area contributed by atoms with Crippen molar-refractivity contribution in [2.24, 2.45) is 0 Å². The molecule has 132 valence electrons. The molecule has 0 bridgehead atoms. The lowest BCUT2D eigenvalue weighted by Gasteiger charge is -2.09. The van der Waals surface area contributed by atoms with Crippen molar-refractivity contribution < 1.29 is 19.1 Å². The lowest BCUT2D eigenvalue weighted by Crippen LogP contribution is -2.34. The molecule has 0 atom stereocenters. The molecule has 1 N–H and O–H groups in total. The van der Waals surface area contributed by atoms with Gasteiger partial charge in [0.25, 0.3) is 5.91 Å². The van der Waals surface area contributed by atoms with Gasteiger partial charge in [0.15, 0.2) is 6.61 Å². The SMILES string of the molecule is CC(C)c1ccc(OCC(=O)NCC(=O)OCc2ccccc2)cc1. The van der Waals surface area contributed by atoms with Crippen molar-refractivity contribution in [3.05, 3.63) is 65.7 Å². The summed E-state index contributed by atoms with van der Waals surface area (Å²) in [6, 6.07) is 17.0. The molecule has 0 unspecified atom stereocenters. The van der Waals surface area contributed by atoms with Crippen LogP contribution in [0.1, 0.15) is 30.9 Å². The highest BCUT2D eigenvalue weighted by molar-refractivity contribution is 5.82. The van der Waals surface area contributed by atoms with Crippen LogP contribution < -0.4 is 10.1 Å². The Labute approximate surface area is 148 Å². The van der Waals surface area contributed by atoms with E-state index >= 15 is 0 Å². The fourth-order valence-corrected chi connectivity index (χ4v) is 2.11. The minimum atomic E-state index is -0.488. The molecule has 0 spiro atoms.